The van der Waals surface area contributed by atoms with Crippen LogP contribution in [0, 0.1) is 0 Å². The highest BCUT2D eigenvalue weighted by Crippen LogP contribution is 2.20. The van der Waals surface area contributed by atoms with Crippen molar-refractivity contribution in [2.45, 2.75) is 19.4 Å². The second-order valence-corrected chi connectivity index (χ2v) is 4.95. The summed E-state index contributed by atoms with van der Waals surface area (Å²) in [4.78, 5) is 31.1. The second-order valence-electron chi connectivity index (χ2n) is 3.83. The van der Waals surface area contributed by atoms with Gasteiger partial charge in [-0.1, -0.05) is 0 Å². The molecule has 0 radical (unpaired) electrons. The van der Waals surface area contributed by atoms with E-state index in [0.717, 1.165) is 4.88 Å². The minimum absolute atomic E-state index is 0.0280. The second kappa shape index (κ2) is 5.74. The Kier molecular flexibility index (Phi) is 4.06. The van der Waals surface area contributed by atoms with Gasteiger partial charge in [-0.2, -0.15) is 0 Å². The summed E-state index contributed by atoms with van der Waals surface area (Å²) in [5.74, 6) is -0.0280. The highest BCUT2D eigenvalue weighted by molar-refractivity contribution is 7.18. The third-order valence-electron chi connectivity index (χ3n) is 2.45. The van der Waals surface area contributed by atoms with Gasteiger partial charge in [0.15, 0.2) is 0 Å². The zero-order chi connectivity index (χ0) is 13.0. The maximum atomic E-state index is 11.5. The number of hydrogen-bond donors (Lipinski definition) is 3. The van der Waals surface area contributed by atoms with E-state index in [0.29, 0.717) is 36.1 Å². The van der Waals surface area contributed by atoms with Crippen LogP contribution in [0.2, 0.25) is 0 Å². The Hall–Kier alpha value is -1.73. The fraction of sp³-hybridized carbons (Fsp3) is 0.364. The van der Waals surface area contributed by atoms with E-state index in [4.69, 9.17) is 5.73 Å². The van der Waals surface area contributed by atoms with Crippen LogP contribution in [0.1, 0.15) is 17.7 Å². The van der Waals surface area contributed by atoms with Crippen LogP contribution in [-0.4, -0.2) is 22.4 Å². The molecule has 0 spiro atoms. The van der Waals surface area contributed by atoms with Crippen LogP contribution in [0.15, 0.2) is 17.2 Å². The largest absolute Gasteiger partial charge is 0.351 e. The molecule has 6 nitrogen and oxygen atoms in total. The van der Waals surface area contributed by atoms with Gasteiger partial charge in [0.2, 0.25) is 5.91 Å². The molecule has 7 heteroatoms. The maximum absolute atomic E-state index is 11.5. The molecule has 2 aromatic rings. The fourth-order valence-corrected chi connectivity index (χ4v) is 2.48. The smallest absolute Gasteiger partial charge is 0.259 e. The number of carbonyl (C=O) groups excluding carboxylic acids is 1. The molecule has 2 rings (SSSR count). The summed E-state index contributed by atoms with van der Waals surface area (Å²) in [7, 11) is 0. The number of nitrogens with one attached hydrogen (secondary N) is 2. The molecule has 0 atom stereocenters. The first kappa shape index (κ1) is 12.7. The number of thiophene rings is 1. The molecule has 0 aliphatic heterocycles. The topological polar surface area (TPSA) is 101 Å². The van der Waals surface area contributed by atoms with Gasteiger partial charge < -0.3 is 16.0 Å². The Morgan fingerprint density at radius 1 is 1.56 bits per heavy atom. The van der Waals surface area contributed by atoms with Crippen molar-refractivity contribution in [3.05, 3.63) is 27.6 Å². The van der Waals surface area contributed by atoms with E-state index in [1.54, 1.807) is 6.07 Å². The molecule has 0 aliphatic rings. The van der Waals surface area contributed by atoms with E-state index in [2.05, 4.69) is 15.3 Å². The number of H-pyrrole nitrogens is 1. The van der Waals surface area contributed by atoms with E-state index >= 15 is 0 Å². The molecular weight excluding hydrogens is 252 g/mol. The first-order valence-corrected chi connectivity index (χ1v) is 6.45. The molecule has 96 valence electrons. The Morgan fingerprint density at radius 2 is 2.39 bits per heavy atom. The van der Waals surface area contributed by atoms with Gasteiger partial charge in [-0.15, -0.1) is 11.3 Å². The molecule has 1 amide bonds. The lowest BCUT2D eigenvalue weighted by molar-refractivity contribution is -0.121. The molecule has 18 heavy (non-hydrogen) atoms. The van der Waals surface area contributed by atoms with Crippen LogP contribution in [-0.2, 0) is 11.3 Å². The van der Waals surface area contributed by atoms with Crippen molar-refractivity contribution in [2.24, 2.45) is 5.73 Å². The average molecular weight is 266 g/mol. The SMILES string of the molecule is NCCCC(=O)NCc1cc2c(=O)[nH]cnc2s1. The lowest BCUT2D eigenvalue weighted by atomic mass is 10.3. The average Bonchev–Trinajstić information content (AvgIpc) is 2.78. The number of rotatable bonds is 5. The van der Waals surface area contributed by atoms with Gasteiger partial charge in [0.05, 0.1) is 18.3 Å². The number of amides is 1. The van der Waals surface area contributed by atoms with Crippen molar-refractivity contribution < 1.29 is 4.79 Å². The highest BCUT2D eigenvalue weighted by Gasteiger charge is 2.07. The number of aromatic amines is 1. The minimum atomic E-state index is -0.156. The lowest BCUT2D eigenvalue weighted by Gasteiger charge is -2.01. The number of fused-ring (bicyclic) bond motifs is 1. The molecule has 0 aromatic carbocycles. The Morgan fingerprint density at radius 3 is 3.11 bits per heavy atom. The summed E-state index contributed by atoms with van der Waals surface area (Å²) in [5, 5.41) is 3.35. The Bertz CT molecular complexity index is 604. The van der Waals surface area contributed by atoms with Crippen LogP contribution in [0.25, 0.3) is 10.2 Å². The van der Waals surface area contributed by atoms with Crippen molar-refractivity contribution in [3.63, 3.8) is 0 Å². The van der Waals surface area contributed by atoms with Crippen molar-refractivity contribution in [2.75, 3.05) is 6.54 Å². The van der Waals surface area contributed by atoms with Gasteiger partial charge in [0, 0.05) is 11.3 Å². The molecule has 0 saturated heterocycles. The summed E-state index contributed by atoms with van der Waals surface area (Å²) in [6, 6.07) is 1.76. The molecular formula is C11H14N4O2S. The van der Waals surface area contributed by atoms with Crippen LogP contribution in [0.4, 0.5) is 0 Å². The van der Waals surface area contributed by atoms with Gasteiger partial charge in [0.1, 0.15) is 4.83 Å². The molecule has 2 heterocycles. The molecule has 0 bridgehead atoms. The van der Waals surface area contributed by atoms with Crippen LogP contribution in [0.5, 0.6) is 0 Å². The van der Waals surface area contributed by atoms with Gasteiger partial charge in [-0.05, 0) is 19.0 Å². The van der Waals surface area contributed by atoms with Gasteiger partial charge in [-0.25, -0.2) is 4.98 Å². The zero-order valence-corrected chi connectivity index (χ0v) is 10.5. The van der Waals surface area contributed by atoms with Crippen molar-refractivity contribution >= 4 is 27.5 Å². The Labute approximate surface area is 107 Å². The van der Waals surface area contributed by atoms with Crippen LogP contribution >= 0.6 is 11.3 Å². The standard InChI is InChI=1S/C11H14N4O2S/c12-3-1-2-9(16)13-5-7-4-8-10(17)14-6-15-11(8)18-7/h4,6H,1-3,5,12H2,(H,13,16)(H,14,15,17). The highest BCUT2D eigenvalue weighted by atomic mass is 32.1. The minimum Gasteiger partial charge on any atom is -0.351 e. The maximum Gasteiger partial charge on any atom is 0.259 e. The van der Waals surface area contributed by atoms with E-state index < -0.39 is 0 Å². The molecule has 0 fully saturated rings. The summed E-state index contributed by atoms with van der Waals surface area (Å²) in [6.07, 6.45) is 2.49. The van der Waals surface area contributed by atoms with Crippen molar-refractivity contribution in [1.82, 2.24) is 15.3 Å². The third kappa shape index (κ3) is 2.93. The quantitative estimate of drug-likeness (QED) is 0.726. The normalized spacial score (nSPS) is 10.7. The van der Waals surface area contributed by atoms with Crippen LogP contribution < -0.4 is 16.6 Å². The number of hydrogen-bond acceptors (Lipinski definition) is 5. The molecule has 4 N–H and O–H groups in total. The molecule has 0 unspecified atom stereocenters. The zero-order valence-electron chi connectivity index (χ0n) is 9.73. The number of aromatic nitrogens is 2. The predicted molar refractivity (Wildman–Crippen MR) is 70.4 cm³/mol. The van der Waals surface area contributed by atoms with Gasteiger partial charge >= 0.3 is 0 Å². The predicted octanol–water partition coefficient (Wildman–Crippen LogP) is 0.340. The number of nitrogens with two attached hydrogens (primary N) is 1. The molecule has 0 aliphatic carbocycles. The van der Waals surface area contributed by atoms with Gasteiger partial charge in [0.25, 0.3) is 5.56 Å². The van der Waals surface area contributed by atoms with Crippen molar-refractivity contribution in [3.8, 4) is 0 Å². The van der Waals surface area contributed by atoms with E-state index in [1.807, 2.05) is 0 Å². The van der Waals surface area contributed by atoms with E-state index in [1.165, 1.54) is 17.7 Å². The molecule has 2 aromatic heterocycles. The summed E-state index contributed by atoms with van der Waals surface area (Å²) in [5.41, 5.74) is 5.17. The number of nitrogens with zero attached hydrogens (tertiary/aromatic N) is 1. The van der Waals surface area contributed by atoms with Gasteiger partial charge in [-0.3, -0.25) is 9.59 Å². The summed E-state index contributed by atoms with van der Waals surface area (Å²) in [6.45, 7) is 0.930. The van der Waals surface area contributed by atoms with E-state index in [9.17, 15) is 9.59 Å². The van der Waals surface area contributed by atoms with E-state index in [-0.39, 0.29) is 11.5 Å². The monoisotopic (exact) mass is 266 g/mol. The third-order valence-corrected chi connectivity index (χ3v) is 3.50. The lowest BCUT2D eigenvalue weighted by Crippen LogP contribution is -2.22. The van der Waals surface area contributed by atoms with Crippen molar-refractivity contribution in [1.29, 1.82) is 0 Å². The summed E-state index contributed by atoms with van der Waals surface area (Å²) >= 11 is 1.41. The fourth-order valence-electron chi connectivity index (χ4n) is 1.54. The first-order chi connectivity index (χ1) is 8.70. The first-order valence-electron chi connectivity index (χ1n) is 5.63. The van der Waals surface area contributed by atoms with Crippen LogP contribution in [0.3, 0.4) is 0 Å². The molecule has 0 saturated carbocycles. The Balaban J connectivity index is 2.02. The summed E-state index contributed by atoms with van der Waals surface area (Å²) < 4.78 is 0. The number of carbonyl (C=O) groups is 1.